The van der Waals surface area contributed by atoms with Crippen molar-refractivity contribution in [3.63, 3.8) is 0 Å². The van der Waals surface area contributed by atoms with Gasteiger partial charge >= 0.3 is 0 Å². The molecule has 0 radical (unpaired) electrons. The molecule has 122 valence electrons. The van der Waals surface area contributed by atoms with Gasteiger partial charge in [-0.25, -0.2) is 9.97 Å². The monoisotopic (exact) mass is 318 g/mol. The molecule has 0 fully saturated rings. The molecule has 2 aromatic rings. The maximum absolute atomic E-state index is 4.53. The maximum Gasteiger partial charge on any atom is 0.222 e. The molecule has 0 unspecified atom stereocenters. The summed E-state index contributed by atoms with van der Waals surface area (Å²) in [6.07, 6.45) is 1.83. The Morgan fingerprint density at radius 2 is 2.00 bits per heavy atom. The number of nitrogens with zero attached hydrogens (tertiary/aromatic N) is 3. The zero-order valence-corrected chi connectivity index (χ0v) is 14.6. The quantitative estimate of drug-likeness (QED) is 0.922. The van der Waals surface area contributed by atoms with E-state index < -0.39 is 0 Å². The smallest absolute Gasteiger partial charge is 0.222 e. The van der Waals surface area contributed by atoms with Crippen LogP contribution in [0.15, 0.2) is 47.6 Å². The van der Waals surface area contributed by atoms with E-state index in [1.165, 1.54) is 16.7 Å². The number of hydrogen-bond acceptors (Lipinski definition) is 4. The van der Waals surface area contributed by atoms with Crippen LogP contribution in [0.25, 0.3) is 11.1 Å². The van der Waals surface area contributed by atoms with Crippen molar-refractivity contribution in [1.29, 1.82) is 0 Å². The van der Waals surface area contributed by atoms with Gasteiger partial charge in [0.05, 0.1) is 12.2 Å². The molecule has 0 bridgehead atoms. The molecule has 0 atom stereocenters. The van der Waals surface area contributed by atoms with Crippen LogP contribution in [0.4, 0.5) is 5.95 Å². The fourth-order valence-corrected chi connectivity index (χ4v) is 3.06. The molecule has 1 aromatic heterocycles. The number of rotatable bonds is 4. The average molecular weight is 318 g/mol. The van der Waals surface area contributed by atoms with Crippen LogP contribution in [0.5, 0.6) is 0 Å². The van der Waals surface area contributed by atoms with E-state index in [1.807, 2.05) is 20.2 Å². The highest BCUT2D eigenvalue weighted by Gasteiger charge is 2.16. The molecule has 1 aliphatic rings. The van der Waals surface area contributed by atoms with Crippen molar-refractivity contribution < 1.29 is 0 Å². The summed E-state index contributed by atoms with van der Waals surface area (Å²) in [7, 11) is 1.81. The fourth-order valence-electron chi connectivity index (χ4n) is 3.06. The van der Waals surface area contributed by atoms with E-state index in [0.29, 0.717) is 5.95 Å². The van der Waals surface area contributed by atoms with Crippen LogP contribution in [0.2, 0.25) is 0 Å². The van der Waals surface area contributed by atoms with Crippen molar-refractivity contribution in [3.8, 4) is 0 Å². The normalized spacial score (nSPS) is 13.9. The number of benzene rings is 1. The van der Waals surface area contributed by atoms with Crippen LogP contribution in [0.3, 0.4) is 0 Å². The molecule has 0 saturated heterocycles. The summed E-state index contributed by atoms with van der Waals surface area (Å²) < 4.78 is 0. The van der Waals surface area contributed by atoms with Gasteiger partial charge < -0.3 is 5.32 Å². The van der Waals surface area contributed by atoms with Gasteiger partial charge in [-0.1, -0.05) is 24.8 Å². The Hall–Kier alpha value is -2.75. The number of allylic oxidation sites excluding steroid dienone is 1. The summed E-state index contributed by atoms with van der Waals surface area (Å²) in [6, 6.07) is 8.46. The summed E-state index contributed by atoms with van der Waals surface area (Å²) in [6.45, 7) is 11.3. The van der Waals surface area contributed by atoms with Gasteiger partial charge in [-0.05, 0) is 49.1 Å². The largest absolute Gasteiger partial charge is 0.357 e. The molecule has 0 saturated carbocycles. The number of aryl methyl sites for hydroxylation is 1. The fraction of sp³-hybridized carbons (Fsp3) is 0.250. The molecule has 24 heavy (non-hydrogen) atoms. The molecule has 4 nitrogen and oxygen atoms in total. The van der Waals surface area contributed by atoms with Crippen LogP contribution in [-0.4, -0.2) is 29.3 Å². The van der Waals surface area contributed by atoms with E-state index in [-0.39, 0.29) is 0 Å². The Kier molecular flexibility index (Phi) is 4.30. The van der Waals surface area contributed by atoms with Gasteiger partial charge in [0, 0.05) is 30.1 Å². The van der Waals surface area contributed by atoms with Crippen molar-refractivity contribution in [2.75, 3.05) is 18.9 Å². The van der Waals surface area contributed by atoms with Crippen LogP contribution >= 0.6 is 0 Å². The lowest BCUT2D eigenvalue weighted by atomic mass is 9.93. The molecule has 0 spiro atoms. The van der Waals surface area contributed by atoms with Crippen molar-refractivity contribution in [3.05, 3.63) is 65.0 Å². The zero-order valence-electron chi connectivity index (χ0n) is 14.6. The predicted molar refractivity (Wildman–Crippen MR) is 101 cm³/mol. The summed E-state index contributed by atoms with van der Waals surface area (Å²) in [5.41, 5.74) is 8.76. The average Bonchev–Trinajstić information content (AvgIpc) is 2.93. The second-order valence-corrected chi connectivity index (χ2v) is 6.06. The second-order valence-electron chi connectivity index (χ2n) is 6.06. The number of hydrogen-bond donors (Lipinski definition) is 1. The highest BCUT2D eigenvalue weighted by atomic mass is 15.1. The Bertz CT molecular complexity index is 875. The molecule has 0 aliphatic carbocycles. The first-order chi connectivity index (χ1) is 11.5. The zero-order chi connectivity index (χ0) is 17.3. The summed E-state index contributed by atoms with van der Waals surface area (Å²) in [5.74, 6) is 0.622. The number of aliphatic imine (C=N–C) groups is 1. The second kappa shape index (κ2) is 6.40. The van der Waals surface area contributed by atoms with Crippen molar-refractivity contribution in [2.45, 2.75) is 20.8 Å². The number of anilines is 1. The van der Waals surface area contributed by atoms with Gasteiger partial charge in [-0.2, -0.15) is 0 Å². The maximum atomic E-state index is 4.53. The van der Waals surface area contributed by atoms with Crippen LogP contribution in [-0.2, 0) is 0 Å². The molecule has 0 amide bonds. The van der Waals surface area contributed by atoms with Gasteiger partial charge in [0.2, 0.25) is 5.95 Å². The Labute approximate surface area is 143 Å². The molecule has 4 heteroatoms. The third-order valence-corrected chi connectivity index (χ3v) is 4.37. The number of nitrogens with one attached hydrogen (secondary N) is 1. The number of aromatic nitrogens is 2. The minimum atomic E-state index is 0.622. The van der Waals surface area contributed by atoms with Crippen molar-refractivity contribution in [1.82, 2.24) is 9.97 Å². The van der Waals surface area contributed by atoms with E-state index in [4.69, 9.17) is 0 Å². The minimum Gasteiger partial charge on any atom is -0.357 e. The molecule has 1 aliphatic heterocycles. The van der Waals surface area contributed by atoms with Gasteiger partial charge in [0.25, 0.3) is 0 Å². The Balaban J connectivity index is 1.99. The SMILES string of the molecule is C=C(c1cccc(C2=C(C)CN=C2C)c1)c1cnc(NC)nc1C. The lowest BCUT2D eigenvalue weighted by Crippen LogP contribution is -2.01. The third-order valence-electron chi connectivity index (χ3n) is 4.37. The molecule has 3 rings (SSSR count). The van der Waals surface area contributed by atoms with E-state index in [2.05, 4.69) is 65.0 Å². The highest BCUT2D eigenvalue weighted by Crippen LogP contribution is 2.30. The molecular weight excluding hydrogens is 296 g/mol. The lowest BCUT2D eigenvalue weighted by molar-refractivity contribution is 1.08. The van der Waals surface area contributed by atoms with Gasteiger partial charge in [0.1, 0.15) is 0 Å². The topological polar surface area (TPSA) is 50.2 Å². The highest BCUT2D eigenvalue weighted by molar-refractivity contribution is 6.25. The van der Waals surface area contributed by atoms with E-state index in [0.717, 1.165) is 34.7 Å². The first-order valence-corrected chi connectivity index (χ1v) is 8.04. The van der Waals surface area contributed by atoms with Gasteiger partial charge in [-0.15, -0.1) is 0 Å². The summed E-state index contributed by atoms with van der Waals surface area (Å²) >= 11 is 0. The van der Waals surface area contributed by atoms with Crippen molar-refractivity contribution >= 4 is 22.8 Å². The lowest BCUT2D eigenvalue weighted by Gasteiger charge is -2.12. The Morgan fingerprint density at radius 3 is 2.62 bits per heavy atom. The molecule has 2 heterocycles. The molecular formula is C20H22N4. The summed E-state index contributed by atoms with van der Waals surface area (Å²) in [5, 5.41) is 2.96. The Morgan fingerprint density at radius 1 is 1.21 bits per heavy atom. The predicted octanol–water partition coefficient (Wildman–Crippen LogP) is 4.14. The van der Waals surface area contributed by atoms with Crippen LogP contribution in [0.1, 0.15) is 36.2 Å². The van der Waals surface area contributed by atoms with E-state index >= 15 is 0 Å². The first kappa shape index (κ1) is 16.1. The first-order valence-electron chi connectivity index (χ1n) is 8.04. The van der Waals surface area contributed by atoms with E-state index in [1.54, 1.807) is 0 Å². The molecule has 1 N–H and O–H groups in total. The van der Waals surface area contributed by atoms with Crippen molar-refractivity contribution in [2.24, 2.45) is 4.99 Å². The molecule has 1 aromatic carbocycles. The third kappa shape index (κ3) is 2.87. The van der Waals surface area contributed by atoms with Gasteiger partial charge in [-0.3, -0.25) is 4.99 Å². The van der Waals surface area contributed by atoms with Crippen LogP contribution < -0.4 is 5.32 Å². The summed E-state index contributed by atoms with van der Waals surface area (Å²) in [4.78, 5) is 13.3. The van der Waals surface area contributed by atoms with Crippen LogP contribution in [0, 0.1) is 6.92 Å². The standard InChI is InChI=1S/C20H22N4/c1-12-10-22-15(4)19(12)17-8-6-7-16(9-17)13(2)18-11-23-20(21-5)24-14(18)3/h6-9,11H,2,10H2,1,3-5H3,(H,21,23,24). The van der Waals surface area contributed by atoms with Gasteiger partial charge in [0.15, 0.2) is 0 Å². The minimum absolute atomic E-state index is 0.622. The van der Waals surface area contributed by atoms with E-state index in [9.17, 15) is 0 Å².